The molecular formula is C12H13N7S. The molecule has 0 aromatic carbocycles. The van der Waals surface area contributed by atoms with Crippen LogP contribution < -0.4 is 10.2 Å². The molecule has 1 N–H and O–H groups in total. The molecular weight excluding hydrogens is 274 g/mol. The molecule has 20 heavy (non-hydrogen) atoms. The fourth-order valence-corrected chi connectivity index (χ4v) is 3.06. The summed E-state index contributed by atoms with van der Waals surface area (Å²) in [7, 11) is 0. The van der Waals surface area contributed by atoms with E-state index in [1.165, 1.54) is 0 Å². The Morgan fingerprint density at radius 2 is 2.10 bits per heavy atom. The highest BCUT2D eigenvalue weighted by molar-refractivity contribution is 7.13. The number of anilines is 1. The lowest BCUT2D eigenvalue weighted by Crippen LogP contribution is -2.44. The molecule has 0 spiro atoms. The molecule has 0 amide bonds. The number of piperazine rings is 1. The summed E-state index contributed by atoms with van der Waals surface area (Å²) in [5, 5.41) is 11.6. The topological polar surface area (TPSA) is 71.2 Å². The zero-order chi connectivity index (χ0) is 13.4. The maximum Gasteiger partial charge on any atom is 0.204 e. The van der Waals surface area contributed by atoms with Crippen LogP contribution in [0.2, 0.25) is 0 Å². The lowest BCUT2D eigenvalue weighted by atomic mass is 10.3. The molecule has 1 fully saturated rings. The average Bonchev–Trinajstić information content (AvgIpc) is 3.18. The van der Waals surface area contributed by atoms with Gasteiger partial charge in [0.1, 0.15) is 6.33 Å². The molecule has 0 radical (unpaired) electrons. The van der Waals surface area contributed by atoms with Crippen molar-refractivity contribution in [1.29, 1.82) is 0 Å². The van der Waals surface area contributed by atoms with Gasteiger partial charge in [-0.05, 0) is 0 Å². The number of thiazole rings is 1. The molecule has 3 aromatic heterocycles. The third kappa shape index (κ3) is 1.84. The molecule has 0 atom stereocenters. The quantitative estimate of drug-likeness (QED) is 0.746. The highest BCUT2D eigenvalue weighted by atomic mass is 32.1. The first-order valence-electron chi connectivity index (χ1n) is 6.47. The summed E-state index contributed by atoms with van der Waals surface area (Å²) in [6.45, 7) is 3.82. The molecule has 102 valence electrons. The van der Waals surface area contributed by atoms with E-state index in [9.17, 15) is 0 Å². The summed E-state index contributed by atoms with van der Waals surface area (Å²) in [6, 6.07) is 0. The number of fused-ring (bicyclic) bond motifs is 1. The fraction of sp³-hybridized carbons (Fsp3) is 0.333. The molecule has 3 aromatic rings. The molecule has 0 saturated carbocycles. The highest BCUT2D eigenvalue weighted by Crippen LogP contribution is 2.26. The van der Waals surface area contributed by atoms with Gasteiger partial charge in [-0.2, -0.15) is 0 Å². The van der Waals surface area contributed by atoms with Crippen molar-refractivity contribution in [2.24, 2.45) is 0 Å². The monoisotopic (exact) mass is 287 g/mol. The molecule has 4 heterocycles. The maximum atomic E-state index is 4.61. The fourth-order valence-electron chi connectivity index (χ4n) is 2.43. The maximum absolute atomic E-state index is 4.61. The van der Waals surface area contributed by atoms with Gasteiger partial charge in [-0.3, -0.25) is 9.38 Å². The van der Waals surface area contributed by atoms with E-state index in [4.69, 9.17) is 0 Å². The molecule has 0 aliphatic carbocycles. The SMILES string of the molecule is c1ncc(-c2cnc(N3CCNCC3)c3nncn23)s1. The van der Waals surface area contributed by atoms with Crippen molar-refractivity contribution in [3.8, 4) is 10.6 Å². The Balaban J connectivity index is 1.85. The summed E-state index contributed by atoms with van der Waals surface area (Å²) >= 11 is 1.58. The minimum atomic E-state index is 0.804. The second kappa shape index (κ2) is 4.80. The number of hydrogen-bond donors (Lipinski definition) is 1. The Labute approximate surface area is 119 Å². The molecule has 0 unspecified atom stereocenters. The lowest BCUT2D eigenvalue weighted by molar-refractivity contribution is 0.585. The second-order valence-corrected chi connectivity index (χ2v) is 5.48. The number of hydrogen-bond acceptors (Lipinski definition) is 7. The molecule has 1 aliphatic heterocycles. The first-order valence-corrected chi connectivity index (χ1v) is 7.35. The van der Waals surface area contributed by atoms with E-state index >= 15 is 0 Å². The normalized spacial score (nSPS) is 15.9. The number of nitrogens with one attached hydrogen (secondary N) is 1. The lowest BCUT2D eigenvalue weighted by Gasteiger charge is -2.28. The van der Waals surface area contributed by atoms with E-state index in [-0.39, 0.29) is 0 Å². The van der Waals surface area contributed by atoms with Crippen LogP contribution in [0.4, 0.5) is 5.82 Å². The van der Waals surface area contributed by atoms with Crippen LogP contribution >= 0.6 is 11.3 Å². The van der Waals surface area contributed by atoms with Crippen LogP contribution in [-0.2, 0) is 0 Å². The Morgan fingerprint density at radius 3 is 2.90 bits per heavy atom. The van der Waals surface area contributed by atoms with Crippen molar-refractivity contribution in [3.63, 3.8) is 0 Å². The third-order valence-electron chi connectivity index (χ3n) is 3.42. The van der Waals surface area contributed by atoms with Gasteiger partial charge in [0.2, 0.25) is 5.65 Å². The molecule has 8 heteroatoms. The van der Waals surface area contributed by atoms with Gasteiger partial charge in [0, 0.05) is 32.4 Å². The second-order valence-electron chi connectivity index (χ2n) is 4.59. The summed E-state index contributed by atoms with van der Waals surface area (Å²) in [5.74, 6) is 0.900. The van der Waals surface area contributed by atoms with Crippen LogP contribution in [0.3, 0.4) is 0 Å². The van der Waals surface area contributed by atoms with Crippen molar-refractivity contribution in [1.82, 2.24) is 29.9 Å². The highest BCUT2D eigenvalue weighted by Gasteiger charge is 2.18. The van der Waals surface area contributed by atoms with Crippen LogP contribution in [-0.4, -0.2) is 50.7 Å². The van der Waals surface area contributed by atoms with Crippen molar-refractivity contribution in [2.45, 2.75) is 0 Å². The minimum Gasteiger partial charge on any atom is -0.351 e. The third-order valence-corrected chi connectivity index (χ3v) is 4.21. The van der Waals surface area contributed by atoms with Gasteiger partial charge in [0.05, 0.1) is 22.3 Å². The predicted octanol–water partition coefficient (Wildman–Crippen LogP) is 0.657. The average molecular weight is 287 g/mol. The zero-order valence-corrected chi connectivity index (χ0v) is 11.5. The van der Waals surface area contributed by atoms with E-state index in [0.29, 0.717) is 0 Å². The van der Waals surface area contributed by atoms with E-state index in [1.54, 1.807) is 17.7 Å². The largest absolute Gasteiger partial charge is 0.351 e. The zero-order valence-electron chi connectivity index (χ0n) is 10.7. The molecule has 1 saturated heterocycles. The van der Waals surface area contributed by atoms with Gasteiger partial charge >= 0.3 is 0 Å². The predicted molar refractivity (Wildman–Crippen MR) is 77.0 cm³/mol. The van der Waals surface area contributed by atoms with Crippen molar-refractivity contribution in [2.75, 3.05) is 31.1 Å². The minimum absolute atomic E-state index is 0.804. The molecule has 0 bridgehead atoms. The Hall–Kier alpha value is -2.06. The number of nitrogens with zero attached hydrogens (tertiary/aromatic N) is 6. The summed E-state index contributed by atoms with van der Waals surface area (Å²) < 4.78 is 1.98. The Morgan fingerprint density at radius 1 is 1.20 bits per heavy atom. The van der Waals surface area contributed by atoms with E-state index in [2.05, 4.69) is 30.4 Å². The van der Waals surface area contributed by atoms with Crippen molar-refractivity contribution in [3.05, 3.63) is 24.2 Å². The van der Waals surface area contributed by atoms with Crippen LogP contribution in [0.1, 0.15) is 0 Å². The smallest absolute Gasteiger partial charge is 0.204 e. The van der Waals surface area contributed by atoms with Crippen molar-refractivity contribution < 1.29 is 0 Å². The van der Waals surface area contributed by atoms with Crippen LogP contribution in [0, 0.1) is 0 Å². The van der Waals surface area contributed by atoms with E-state index in [0.717, 1.165) is 48.2 Å². The molecule has 1 aliphatic rings. The van der Waals surface area contributed by atoms with Crippen molar-refractivity contribution >= 4 is 22.8 Å². The summed E-state index contributed by atoms with van der Waals surface area (Å²) in [5.41, 5.74) is 3.60. The van der Waals surface area contributed by atoms with Gasteiger partial charge in [-0.25, -0.2) is 4.98 Å². The van der Waals surface area contributed by atoms with E-state index in [1.807, 2.05) is 22.3 Å². The van der Waals surface area contributed by atoms with Gasteiger partial charge in [0.15, 0.2) is 5.82 Å². The first-order chi connectivity index (χ1) is 9.93. The van der Waals surface area contributed by atoms with Crippen LogP contribution in [0.5, 0.6) is 0 Å². The first kappa shape index (κ1) is 11.7. The van der Waals surface area contributed by atoms with Crippen LogP contribution in [0.25, 0.3) is 16.2 Å². The molecule has 4 rings (SSSR count). The van der Waals surface area contributed by atoms with E-state index < -0.39 is 0 Å². The summed E-state index contributed by atoms with van der Waals surface area (Å²) in [4.78, 5) is 12.0. The Kier molecular flexibility index (Phi) is 2.82. The van der Waals surface area contributed by atoms with Crippen LogP contribution in [0.15, 0.2) is 24.2 Å². The standard InChI is InChI=1S/C12H13N7S/c1-3-18(4-2-13-1)11-12-17-16-7-19(12)9(5-15-11)10-6-14-8-20-10/h5-8,13H,1-4H2. The van der Waals surface area contributed by atoms with Gasteiger partial charge in [-0.15, -0.1) is 21.5 Å². The number of aromatic nitrogens is 5. The summed E-state index contributed by atoms with van der Waals surface area (Å²) in [6.07, 6.45) is 5.45. The molecule has 7 nitrogen and oxygen atoms in total. The van der Waals surface area contributed by atoms with Gasteiger partial charge in [0.25, 0.3) is 0 Å². The van der Waals surface area contributed by atoms with Gasteiger partial charge < -0.3 is 10.2 Å². The Bertz CT molecular complexity index is 715. The van der Waals surface area contributed by atoms with Gasteiger partial charge in [-0.1, -0.05) is 0 Å². The number of rotatable bonds is 2.